The van der Waals surface area contributed by atoms with E-state index in [2.05, 4.69) is 10.2 Å². The van der Waals surface area contributed by atoms with Crippen molar-refractivity contribution in [3.05, 3.63) is 0 Å². The van der Waals surface area contributed by atoms with Crippen LogP contribution in [0.2, 0.25) is 0 Å². The second-order valence-electron chi connectivity index (χ2n) is 4.45. The van der Waals surface area contributed by atoms with E-state index in [1.165, 1.54) is 6.42 Å². The van der Waals surface area contributed by atoms with E-state index in [0.717, 1.165) is 32.6 Å². The lowest BCUT2D eigenvalue weighted by atomic mass is 9.86. The fourth-order valence-corrected chi connectivity index (χ4v) is 2.72. The van der Waals surface area contributed by atoms with Gasteiger partial charge in [0.2, 0.25) is 5.91 Å². The number of carbonyl (C=O) groups excluding carboxylic acids is 1. The Balaban J connectivity index is 0.00000128. The third-order valence-electron chi connectivity index (χ3n) is 3.46. The van der Waals surface area contributed by atoms with Gasteiger partial charge in [-0.2, -0.15) is 0 Å². The Kier molecular flexibility index (Phi) is 5.52. The zero-order valence-corrected chi connectivity index (χ0v) is 10.6. The molecule has 2 saturated heterocycles. The van der Waals surface area contributed by atoms with Gasteiger partial charge in [-0.05, 0) is 26.3 Å². The average Bonchev–Trinajstić information content (AvgIpc) is 2.28. The molecule has 0 aromatic heterocycles. The summed E-state index contributed by atoms with van der Waals surface area (Å²) in [6.07, 6.45) is 3.36. The van der Waals surface area contributed by atoms with E-state index in [-0.39, 0.29) is 18.3 Å². The zero-order valence-electron chi connectivity index (χ0n) is 9.78. The Morgan fingerprint density at radius 3 is 3.06 bits per heavy atom. The van der Waals surface area contributed by atoms with Gasteiger partial charge in [0.25, 0.3) is 0 Å². The fraction of sp³-hybridized carbons (Fsp3) is 0.909. The first kappa shape index (κ1) is 13.7. The topological polar surface area (TPSA) is 41.6 Å². The molecule has 0 bridgehead atoms. The van der Waals surface area contributed by atoms with Crippen molar-refractivity contribution in [3.63, 3.8) is 0 Å². The van der Waals surface area contributed by atoms with Gasteiger partial charge in [-0.15, -0.1) is 12.4 Å². The van der Waals surface area contributed by atoms with Gasteiger partial charge in [0.1, 0.15) is 0 Å². The fourth-order valence-electron chi connectivity index (χ4n) is 2.72. The number of piperidine rings is 1. The molecule has 1 amide bonds. The summed E-state index contributed by atoms with van der Waals surface area (Å²) in [6.45, 7) is 3.05. The number of hydrogen-bond donors (Lipinski definition) is 1. The minimum Gasteiger partial charge on any atom is -0.381 e. The van der Waals surface area contributed by atoms with Gasteiger partial charge in [0, 0.05) is 25.1 Å². The SMILES string of the molecule is CNCC(=O)N1CCCC2COCCC21.Cl. The number of fused-ring (bicyclic) bond motifs is 1. The van der Waals surface area contributed by atoms with Gasteiger partial charge < -0.3 is 15.0 Å². The first-order valence-electron chi connectivity index (χ1n) is 5.84. The van der Waals surface area contributed by atoms with Crippen LogP contribution in [0.15, 0.2) is 0 Å². The molecule has 2 fully saturated rings. The lowest BCUT2D eigenvalue weighted by Gasteiger charge is -2.43. The van der Waals surface area contributed by atoms with Crippen LogP contribution in [0.25, 0.3) is 0 Å². The Morgan fingerprint density at radius 1 is 1.50 bits per heavy atom. The van der Waals surface area contributed by atoms with Crippen molar-refractivity contribution in [2.45, 2.75) is 25.3 Å². The molecule has 2 aliphatic rings. The van der Waals surface area contributed by atoms with Crippen LogP contribution in [0.1, 0.15) is 19.3 Å². The van der Waals surface area contributed by atoms with E-state index in [4.69, 9.17) is 4.74 Å². The Morgan fingerprint density at radius 2 is 2.31 bits per heavy atom. The summed E-state index contributed by atoms with van der Waals surface area (Å²) < 4.78 is 5.47. The van der Waals surface area contributed by atoms with Crippen molar-refractivity contribution in [1.82, 2.24) is 10.2 Å². The van der Waals surface area contributed by atoms with Crippen LogP contribution in [-0.4, -0.2) is 50.2 Å². The highest BCUT2D eigenvalue weighted by Gasteiger charge is 2.35. The van der Waals surface area contributed by atoms with Crippen LogP contribution in [-0.2, 0) is 9.53 Å². The lowest BCUT2D eigenvalue weighted by Crippen LogP contribution is -2.53. The molecule has 0 saturated carbocycles. The van der Waals surface area contributed by atoms with E-state index >= 15 is 0 Å². The molecular weight excluding hydrogens is 228 g/mol. The molecule has 1 N–H and O–H groups in total. The molecular formula is C11H21ClN2O2. The van der Waals surface area contributed by atoms with Crippen LogP contribution in [0.5, 0.6) is 0 Å². The van der Waals surface area contributed by atoms with E-state index in [1.807, 2.05) is 7.05 Å². The first-order valence-corrected chi connectivity index (χ1v) is 5.84. The molecule has 2 unspecified atom stereocenters. The molecule has 0 aromatic carbocycles. The van der Waals surface area contributed by atoms with Crippen molar-refractivity contribution in [3.8, 4) is 0 Å². The highest BCUT2D eigenvalue weighted by molar-refractivity contribution is 5.85. The zero-order chi connectivity index (χ0) is 10.7. The van der Waals surface area contributed by atoms with Crippen molar-refractivity contribution in [2.24, 2.45) is 5.92 Å². The molecule has 94 valence electrons. The van der Waals surface area contributed by atoms with Gasteiger partial charge in [-0.1, -0.05) is 0 Å². The van der Waals surface area contributed by atoms with E-state index in [0.29, 0.717) is 18.5 Å². The Labute approximate surface area is 103 Å². The van der Waals surface area contributed by atoms with Crippen LogP contribution in [0.4, 0.5) is 0 Å². The molecule has 0 spiro atoms. The maximum atomic E-state index is 11.9. The smallest absolute Gasteiger partial charge is 0.236 e. The molecule has 0 aromatic rings. The quantitative estimate of drug-likeness (QED) is 0.781. The summed E-state index contributed by atoms with van der Waals surface area (Å²) in [5.74, 6) is 0.822. The summed E-state index contributed by atoms with van der Waals surface area (Å²) in [4.78, 5) is 13.9. The van der Waals surface area contributed by atoms with Gasteiger partial charge in [-0.3, -0.25) is 4.79 Å². The van der Waals surface area contributed by atoms with Gasteiger partial charge in [-0.25, -0.2) is 0 Å². The van der Waals surface area contributed by atoms with Crippen molar-refractivity contribution >= 4 is 18.3 Å². The highest BCUT2D eigenvalue weighted by atomic mass is 35.5. The molecule has 2 rings (SSSR count). The first-order chi connectivity index (χ1) is 7.33. The molecule has 16 heavy (non-hydrogen) atoms. The van der Waals surface area contributed by atoms with Gasteiger partial charge in [0.15, 0.2) is 0 Å². The monoisotopic (exact) mass is 248 g/mol. The summed E-state index contributed by atoms with van der Waals surface area (Å²) in [6, 6.07) is 0.438. The number of nitrogens with zero attached hydrogens (tertiary/aromatic N) is 1. The maximum absolute atomic E-state index is 11.9. The second-order valence-corrected chi connectivity index (χ2v) is 4.45. The number of rotatable bonds is 2. The Bertz CT molecular complexity index is 236. The Hall–Kier alpha value is -0.320. The van der Waals surface area contributed by atoms with E-state index in [1.54, 1.807) is 0 Å². The van der Waals surface area contributed by atoms with Crippen LogP contribution in [0.3, 0.4) is 0 Å². The molecule has 2 heterocycles. The molecule has 2 aliphatic heterocycles. The predicted octanol–water partition coefficient (Wildman–Crippen LogP) is 0.655. The van der Waals surface area contributed by atoms with Gasteiger partial charge >= 0.3 is 0 Å². The minimum absolute atomic E-state index is 0. The predicted molar refractivity (Wildman–Crippen MR) is 64.8 cm³/mol. The van der Waals surface area contributed by atoms with Crippen molar-refractivity contribution in [1.29, 1.82) is 0 Å². The summed E-state index contributed by atoms with van der Waals surface area (Å²) >= 11 is 0. The highest BCUT2D eigenvalue weighted by Crippen LogP contribution is 2.29. The van der Waals surface area contributed by atoms with Crippen LogP contribution < -0.4 is 5.32 Å². The van der Waals surface area contributed by atoms with Crippen molar-refractivity contribution < 1.29 is 9.53 Å². The summed E-state index contributed by atoms with van der Waals surface area (Å²) in [5, 5.41) is 2.94. The van der Waals surface area contributed by atoms with Crippen LogP contribution in [0, 0.1) is 5.92 Å². The molecule has 4 nitrogen and oxygen atoms in total. The largest absolute Gasteiger partial charge is 0.381 e. The second kappa shape index (κ2) is 6.42. The van der Waals surface area contributed by atoms with E-state index < -0.39 is 0 Å². The normalized spacial score (nSPS) is 29.2. The van der Waals surface area contributed by atoms with Crippen molar-refractivity contribution in [2.75, 3.05) is 33.4 Å². The molecule has 5 heteroatoms. The maximum Gasteiger partial charge on any atom is 0.236 e. The number of nitrogens with one attached hydrogen (secondary N) is 1. The molecule has 0 aliphatic carbocycles. The number of hydrogen-bond acceptors (Lipinski definition) is 3. The standard InChI is InChI=1S/C11H20N2O2.ClH/c1-12-7-11(14)13-5-2-3-9-8-15-6-4-10(9)13;/h9-10,12H,2-8H2,1H3;1H. The lowest BCUT2D eigenvalue weighted by molar-refractivity contribution is -0.139. The third-order valence-corrected chi connectivity index (χ3v) is 3.46. The number of halogens is 1. The number of amides is 1. The number of likely N-dealkylation sites (N-methyl/N-ethyl adjacent to an activating group) is 1. The van der Waals surface area contributed by atoms with Crippen LogP contribution >= 0.6 is 12.4 Å². The van der Waals surface area contributed by atoms with Gasteiger partial charge in [0.05, 0.1) is 13.2 Å². The summed E-state index contributed by atoms with van der Waals surface area (Å²) in [7, 11) is 1.82. The summed E-state index contributed by atoms with van der Waals surface area (Å²) in [5.41, 5.74) is 0. The third kappa shape index (κ3) is 2.87. The minimum atomic E-state index is 0. The van der Waals surface area contributed by atoms with E-state index in [9.17, 15) is 4.79 Å². The molecule has 0 radical (unpaired) electrons. The number of ether oxygens (including phenoxy) is 1. The molecule has 2 atom stereocenters. The average molecular weight is 249 g/mol. The number of carbonyl (C=O) groups is 1. The number of likely N-dealkylation sites (tertiary alicyclic amines) is 1.